The van der Waals surface area contributed by atoms with Crippen LogP contribution >= 0.6 is 0 Å². The van der Waals surface area contributed by atoms with E-state index in [1.165, 1.54) is 0 Å². The Labute approximate surface area is 155 Å². The number of aromatic amines is 1. The minimum atomic E-state index is -0.257. The Kier molecular flexibility index (Phi) is 3.70. The van der Waals surface area contributed by atoms with Crippen LogP contribution in [-0.2, 0) is 4.74 Å². The molecule has 0 spiro atoms. The molecule has 0 bridgehead atoms. The molecule has 2 aliphatic rings. The van der Waals surface area contributed by atoms with Crippen molar-refractivity contribution in [3.8, 4) is 11.3 Å². The van der Waals surface area contributed by atoms with Crippen LogP contribution in [0.2, 0.25) is 0 Å². The number of ether oxygens (including phenoxy) is 1. The van der Waals surface area contributed by atoms with Crippen LogP contribution in [0.3, 0.4) is 0 Å². The topological polar surface area (TPSA) is 75.3 Å². The number of carbonyl (C=O) groups is 1. The van der Waals surface area contributed by atoms with E-state index in [1.807, 2.05) is 42.5 Å². The molecule has 1 saturated heterocycles. The number of amides is 1. The number of anilines is 1. The minimum Gasteiger partial charge on any atom is -0.444 e. The maximum atomic E-state index is 12.4. The van der Waals surface area contributed by atoms with E-state index >= 15 is 0 Å². The molecule has 1 aliphatic heterocycles. The molecule has 2 aromatic carbocycles. The Hall–Kier alpha value is -3.15. The predicted molar refractivity (Wildman–Crippen MR) is 103 cm³/mol. The summed E-state index contributed by atoms with van der Waals surface area (Å²) in [5, 5.41) is 8.23. The van der Waals surface area contributed by atoms with E-state index in [0.29, 0.717) is 5.39 Å². The van der Waals surface area contributed by atoms with Gasteiger partial charge in [0.15, 0.2) is 0 Å². The first-order valence-corrected chi connectivity index (χ1v) is 9.30. The lowest BCUT2D eigenvalue weighted by Crippen LogP contribution is -2.38. The summed E-state index contributed by atoms with van der Waals surface area (Å²) in [4.78, 5) is 26.1. The Balaban J connectivity index is 1.52. The van der Waals surface area contributed by atoms with Gasteiger partial charge >= 0.3 is 6.09 Å². The highest BCUT2D eigenvalue weighted by molar-refractivity contribution is 5.95. The van der Waals surface area contributed by atoms with Crippen molar-refractivity contribution in [2.75, 3.05) is 4.90 Å². The van der Waals surface area contributed by atoms with Gasteiger partial charge in [0.2, 0.25) is 0 Å². The van der Waals surface area contributed by atoms with Gasteiger partial charge in [-0.3, -0.25) is 9.69 Å². The molecule has 1 amide bonds. The Bertz CT molecular complexity index is 1070. The summed E-state index contributed by atoms with van der Waals surface area (Å²) in [5.74, 6) is 0. The lowest BCUT2D eigenvalue weighted by Gasteiger charge is -2.28. The fourth-order valence-electron chi connectivity index (χ4n) is 4.24. The molecule has 27 heavy (non-hydrogen) atoms. The molecule has 1 aromatic heterocycles. The standard InChI is InChI=1S/C21H19N3O3/c25-20-16-6-2-1-5-15(16)19(22-23-20)13-9-11-14(12-10-13)24-17-7-3-4-8-18(17)27-21(24)26/h1-2,5-6,9-12,17-18H,3-4,7-8H2,(H,23,25). The molecule has 0 radical (unpaired) electrons. The number of hydrogen-bond acceptors (Lipinski definition) is 4. The third kappa shape index (κ3) is 2.60. The molecule has 2 atom stereocenters. The number of H-pyrrole nitrogens is 1. The van der Waals surface area contributed by atoms with E-state index in [2.05, 4.69) is 10.2 Å². The maximum absolute atomic E-state index is 12.4. The second kappa shape index (κ2) is 6.23. The van der Waals surface area contributed by atoms with Gasteiger partial charge in [-0.1, -0.05) is 36.8 Å². The average molecular weight is 361 g/mol. The van der Waals surface area contributed by atoms with E-state index in [0.717, 1.165) is 48.0 Å². The van der Waals surface area contributed by atoms with Gasteiger partial charge in [-0.2, -0.15) is 5.10 Å². The van der Waals surface area contributed by atoms with Gasteiger partial charge in [-0.25, -0.2) is 9.89 Å². The van der Waals surface area contributed by atoms with Gasteiger partial charge in [0.1, 0.15) is 6.10 Å². The van der Waals surface area contributed by atoms with Crippen LogP contribution in [0.1, 0.15) is 25.7 Å². The van der Waals surface area contributed by atoms with E-state index in [-0.39, 0.29) is 23.8 Å². The molecule has 2 heterocycles. The number of rotatable bonds is 2. The van der Waals surface area contributed by atoms with E-state index in [1.54, 1.807) is 11.0 Å². The molecular weight excluding hydrogens is 342 g/mol. The quantitative estimate of drug-likeness (QED) is 0.752. The summed E-state index contributed by atoms with van der Waals surface area (Å²) >= 11 is 0. The number of benzene rings is 2. The van der Waals surface area contributed by atoms with Crippen molar-refractivity contribution in [3.63, 3.8) is 0 Å². The average Bonchev–Trinajstić information content (AvgIpc) is 3.04. The summed E-state index contributed by atoms with van der Waals surface area (Å²) in [7, 11) is 0. The van der Waals surface area contributed by atoms with Crippen molar-refractivity contribution in [1.29, 1.82) is 0 Å². The molecule has 3 aromatic rings. The third-order valence-electron chi connectivity index (χ3n) is 5.56. The van der Waals surface area contributed by atoms with Crippen LogP contribution in [0.4, 0.5) is 10.5 Å². The lowest BCUT2D eigenvalue weighted by molar-refractivity contribution is 0.113. The van der Waals surface area contributed by atoms with Gasteiger partial charge in [0, 0.05) is 16.6 Å². The van der Waals surface area contributed by atoms with Crippen molar-refractivity contribution in [2.45, 2.75) is 37.8 Å². The molecule has 6 heteroatoms. The van der Waals surface area contributed by atoms with E-state index in [9.17, 15) is 9.59 Å². The predicted octanol–water partition coefficient (Wildman–Crippen LogP) is 3.86. The molecular formula is C21H19N3O3. The molecule has 2 fully saturated rings. The molecule has 1 N–H and O–H groups in total. The SMILES string of the molecule is O=C1OC2CCCCC2N1c1ccc(-c2n[nH]c(=O)c3ccccc23)cc1. The summed E-state index contributed by atoms with van der Waals surface area (Å²) in [6.07, 6.45) is 3.91. The monoisotopic (exact) mass is 361 g/mol. The number of nitrogens with one attached hydrogen (secondary N) is 1. The van der Waals surface area contributed by atoms with Crippen molar-refractivity contribution in [2.24, 2.45) is 0 Å². The van der Waals surface area contributed by atoms with Gasteiger partial charge in [-0.05, 0) is 37.5 Å². The highest BCUT2D eigenvalue weighted by Crippen LogP contribution is 2.36. The van der Waals surface area contributed by atoms with Crippen LogP contribution in [0.5, 0.6) is 0 Å². The summed E-state index contributed by atoms with van der Waals surface area (Å²) in [6.45, 7) is 0. The van der Waals surface area contributed by atoms with Crippen molar-refractivity contribution in [3.05, 3.63) is 58.9 Å². The molecule has 1 aliphatic carbocycles. The van der Waals surface area contributed by atoms with Crippen LogP contribution in [0, 0.1) is 0 Å². The van der Waals surface area contributed by atoms with E-state index in [4.69, 9.17) is 4.74 Å². The van der Waals surface area contributed by atoms with Crippen molar-refractivity contribution < 1.29 is 9.53 Å². The zero-order valence-corrected chi connectivity index (χ0v) is 14.7. The van der Waals surface area contributed by atoms with Crippen molar-refractivity contribution in [1.82, 2.24) is 10.2 Å². The number of nitrogens with zero attached hydrogens (tertiary/aromatic N) is 2. The molecule has 5 rings (SSSR count). The zero-order chi connectivity index (χ0) is 18.4. The normalized spacial score (nSPS) is 21.9. The molecule has 2 unspecified atom stereocenters. The number of aromatic nitrogens is 2. The first kappa shape index (κ1) is 16.1. The van der Waals surface area contributed by atoms with Crippen LogP contribution in [-0.4, -0.2) is 28.4 Å². The highest BCUT2D eigenvalue weighted by atomic mass is 16.6. The lowest BCUT2D eigenvalue weighted by atomic mass is 9.92. The third-order valence-corrected chi connectivity index (χ3v) is 5.56. The fraction of sp³-hybridized carbons (Fsp3) is 0.286. The van der Waals surface area contributed by atoms with Gasteiger partial charge in [0.25, 0.3) is 5.56 Å². The Morgan fingerprint density at radius 2 is 1.70 bits per heavy atom. The van der Waals surface area contributed by atoms with Gasteiger partial charge in [0.05, 0.1) is 17.1 Å². The minimum absolute atomic E-state index is 0.00994. The summed E-state index contributed by atoms with van der Waals surface area (Å²) in [6, 6.07) is 15.3. The van der Waals surface area contributed by atoms with Gasteiger partial charge in [-0.15, -0.1) is 0 Å². The second-order valence-corrected chi connectivity index (χ2v) is 7.14. The summed E-state index contributed by atoms with van der Waals surface area (Å²) in [5.41, 5.74) is 2.25. The van der Waals surface area contributed by atoms with Crippen LogP contribution < -0.4 is 10.5 Å². The largest absolute Gasteiger partial charge is 0.444 e. The number of fused-ring (bicyclic) bond motifs is 2. The maximum Gasteiger partial charge on any atom is 0.415 e. The highest BCUT2D eigenvalue weighted by Gasteiger charge is 2.43. The second-order valence-electron chi connectivity index (χ2n) is 7.14. The summed E-state index contributed by atoms with van der Waals surface area (Å²) < 4.78 is 5.55. The fourth-order valence-corrected chi connectivity index (χ4v) is 4.24. The first-order chi connectivity index (χ1) is 13.2. The van der Waals surface area contributed by atoms with Crippen LogP contribution in [0.15, 0.2) is 53.3 Å². The first-order valence-electron chi connectivity index (χ1n) is 9.30. The van der Waals surface area contributed by atoms with Gasteiger partial charge < -0.3 is 4.74 Å². The molecule has 6 nitrogen and oxygen atoms in total. The Morgan fingerprint density at radius 3 is 2.52 bits per heavy atom. The van der Waals surface area contributed by atoms with E-state index < -0.39 is 0 Å². The number of hydrogen-bond donors (Lipinski definition) is 1. The van der Waals surface area contributed by atoms with Crippen LogP contribution in [0.25, 0.3) is 22.0 Å². The Morgan fingerprint density at radius 1 is 0.963 bits per heavy atom. The zero-order valence-electron chi connectivity index (χ0n) is 14.7. The molecule has 136 valence electrons. The molecule has 1 saturated carbocycles. The number of carbonyl (C=O) groups excluding carboxylic acids is 1. The van der Waals surface area contributed by atoms with Crippen molar-refractivity contribution >= 4 is 22.6 Å². The smallest absolute Gasteiger partial charge is 0.415 e.